The molecule has 1 aliphatic rings. The number of carbonyl (C=O) groups is 2. The highest BCUT2D eigenvalue weighted by Gasteiger charge is 2.23. The number of nitro groups is 1. The molecule has 0 bridgehead atoms. The fraction of sp³-hybridized carbons (Fsp3) is 0.400. The quantitative estimate of drug-likeness (QED) is 0.629. The molecule has 2 amide bonds. The first-order valence-corrected chi connectivity index (χ1v) is 6.20. The Kier molecular flexibility index (Phi) is 3.56. The summed E-state index contributed by atoms with van der Waals surface area (Å²) in [5.74, 6) is -0.531. The van der Waals surface area contributed by atoms with E-state index in [-0.39, 0.29) is 28.2 Å². The maximum Gasteiger partial charge on any atom is 0.324 e. The first kappa shape index (κ1) is 12.5. The van der Waals surface area contributed by atoms with Crippen LogP contribution in [-0.4, -0.2) is 41.3 Å². The lowest BCUT2D eigenvalue weighted by atomic mass is 10.3. The van der Waals surface area contributed by atoms with E-state index in [1.54, 1.807) is 0 Å². The molecule has 2 heterocycles. The van der Waals surface area contributed by atoms with Gasteiger partial charge in [0.05, 0.1) is 16.3 Å². The van der Waals surface area contributed by atoms with Gasteiger partial charge in [0.15, 0.2) is 0 Å². The van der Waals surface area contributed by atoms with Crippen molar-refractivity contribution >= 4 is 28.2 Å². The Bertz CT molecular complexity index is 499. The molecule has 1 N–H and O–H groups in total. The van der Waals surface area contributed by atoms with Crippen LogP contribution in [0.2, 0.25) is 0 Å². The number of hydrogen-bond acceptors (Lipinski definition) is 5. The van der Waals surface area contributed by atoms with Crippen molar-refractivity contribution in [1.29, 1.82) is 0 Å². The zero-order valence-corrected chi connectivity index (χ0v) is 10.2. The number of rotatable bonds is 2. The van der Waals surface area contributed by atoms with Gasteiger partial charge in [-0.05, 0) is 12.5 Å². The molecule has 18 heavy (non-hydrogen) atoms. The summed E-state index contributed by atoms with van der Waals surface area (Å²) in [7, 11) is 0. The predicted octanol–water partition coefficient (Wildman–Crippen LogP) is 0.618. The Morgan fingerprint density at radius 1 is 1.50 bits per heavy atom. The van der Waals surface area contributed by atoms with E-state index in [1.807, 2.05) is 0 Å². The van der Waals surface area contributed by atoms with Gasteiger partial charge in [0.1, 0.15) is 0 Å². The highest BCUT2D eigenvalue weighted by molar-refractivity contribution is 7.17. The third-order valence-electron chi connectivity index (χ3n) is 2.53. The Morgan fingerprint density at radius 3 is 2.94 bits per heavy atom. The maximum absolute atomic E-state index is 12.1. The third kappa shape index (κ3) is 2.65. The van der Waals surface area contributed by atoms with Gasteiger partial charge in [0, 0.05) is 19.2 Å². The van der Waals surface area contributed by atoms with Gasteiger partial charge in [-0.25, -0.2) is 0 Å². The van der Waals surface area contributed by atoms with E-state index < -0.39 is 4.92 Å². The Labute approximate surface area is 107 Å². The van der Waals surface area contributed by atoms with Gasteiger partial charge in [-0.3, -0.25) is 19.7 Å². The van der Waals surface area contributed by atoms with Gasteiger partial charge in [0.25, 0.3) is 5.91 Å². The minimum Gasteiger partial charge on any atom is -0.354 e. The van der Waals surface area contributed by atoms with Crippen molar-refractivity contribution < 1.29 is 14.5 Å². The van der Waals surface area contributed by atoms with Gasteiger partial charge >= 0.3 is 5.00 Å². The fourth-order valence-electron chi connectivity index (χ4n) is 1.68. The van der Waals surface area contributed by atoms with E-state index >= 15 is 0 Å². The smallest absolute Gasteiger partial charge is 0.324 e. The molecule has 7 nitrogen and oxygen atoms in total. The number of amides is 2. The number of nitrogens with one attached hydrogen (secondary N) is 1. The number of hydrogen-bond donors (Lipinski definition) is 1. The van der Waals surface area contributed by atoms with Crippen molar-refractivity contribution in [1.82, 2.24) is 10.2 Å². The second-order valence-corrected chi connectivity index (χ2v) is 4.89. The van der Waals surface area contributed by atoms with Gasteiger partial charge in [-0.1, -0.05) is 11.3 Å². The van der Waals surface area contributed by atoms with Crippen molar-refractivity contribution in [3.05, 3.63) is 27.1 Å². The minimum atomic E-state index is -0.531. The number of nitrogens with zero attached hydrogens (tertiary/aromatic N) is 2. The van der Waals surface area contributed by atoms with Crippen LogP contribution in [0.25, 0.3) is 0 Å². The minimum absolute atomic E-state index is 0.00449. The normalized spacial score (nSPS) is 16.0. The lowest BCUT2D eigenvalue weighted by molar-refractivity contribution is -0.380. The molecule has 1 fully saturated rings. The number of thiophene rings is 1. The highest BCUT2D eigenvalue weighted by atomic mass is 32.1. The second-order valence-electron chi connectivity index (χ2n) is 3.83. The molecule has 1 aliphatic heterocycles. The monoisotopic (exact) mass is 269 g/mol. The van der Waals surface area contributed by atoms with Crippen LogP contribution in [0.1, 0.15) is 16.1 Å². The maximum atomic E-state index is 12.1. The molecule has 1 saturated heterocycles. The van der Waals surface area contributed by atoms with Crippen LogP contribution in [0.5, 0.6) is 0 Å². The molecule has 8 heteroatoms. The summed E-state index contributed by atoms with van der Waals surface area (Å²) in [6, 6.07) is 2.73. The molecule has 0 spiro atoms. The molecule has 0 saturated carbocycles. The summed E-state index contributed by atoms with van der Waals surface area (Å²) in [4.78, 5) is 35.1. The van der Waals surface area contributed by atoms with Crippen LogP contribution >= 0.6 is 11.3 Å². The Balaban J connectivity index is 2.13. The van der Waals surface area contributed by atoms with Gasteiger partial charge < -0.3 is 10.2 Å². The van der Waals surface area contributed by atoms with E-state index in [9.17, 15) is 19.7 Å². The van der Waals surface area contributed by atoms with E-state index in [0.717, 1.165) is 11.3 Å². The summed E-state index contributed by atoms with van der Waals surface area (Å²) < 4.78 is 0. The van der Waals surface area contributed by atoms with Crippen molar-refractivity contribution in [3.8, 4) is 0 Å². The zero-order chi connectivity index (χ0) is 13.1. The molecule has 0 radical (unpaired) electrons. The van der Waals surface area contributed by atoms with Gasteiger partial charge in [0.2, 0.25) is 5.91 Å². The van der Waals surface area contributed by atoms with E-state index in [2.05, 4.69) is 5.32 Å². The molecule has 0 unspecified atom stereocenters. The summed E-state index contributed by atoms with van der Waals surface area (Å²) in [5.41, 5.74) is 0. The molecule has 0 aliphatic carbocycles. The summed E-state index contributed by atoms with van der Waals surface area (Å²) in [6.07, 6.45) is 0.685. The Morgan fingerprint density at radius 2 is 2.28 bits per heavy atom. The SMILES string of the molecule is O=C1CN(C(=O)c2ccc([N+](=O)[O-])s2)CCCN1. The lowest BCUT2D eigenvalue weighted by Gasteiger charge is -2.17. The summed E-state index contributed by atoms with van der Waals surface area (Å²) in [6.45, 7) is 1.03. The van der Waals surface area contributed by atoms with Gasteiger partial charge in [-0.2, -0.15) is 0 Å². The zero-order valence-electron chi connectivity index (χ0n) is 9.42. The van der Waals surface area contributed by atoms with Crippen molar-refractivity contribution in [2.45, 2.75) is 6.42 Å². The van der Waals surface area contributed by atoms with Gasteiger partial charge in [-0.15, -0.1) is 0 Å². The fourth-order valence-corrected chi connectivity index (χ4v) is 2.46. The van der Waals surface area contributed by atoms with Crippen molar-refractivity contribution in [3.63, 3.8) is 0 Å². The first-order chi connectivity index (χ1) is 8.58. The second kappa shape index (κ2) is 5.13. The van der Waals surface area contributed by atoms with Crippen LogP contribution in [0, 0.1) is 10.1 Å². The van der Waals surface area contributed by atoms with Crippen LogP contribution in [0.3, 0.4) is 0 Å². The van der Waals surface area contributed by atoms with Crippen LogP contribution < -0.4 is 5.32 Å². The average molecular weight is 269 g/mol. The van der Waals surface area contributed by atoms with Crippen LogP contribution in [0.4, 0.5) is 5.00 Å². The molecule has 1 aromatic heterocycles. The molecular weight excluding hydrogens is 258 g/mol. The summed E-state index contributed by atoms with van der Waals surface area (Å²) >= 11 is 0.829. The first-order valence-electron chi connectivity index (χ1n) is 5.38. The standard InChI is InChI=1S/C10H11N3O4S/c14-8-6-12(5-1-4-11-8)10(15)7-2-3-9(18-7)13(16)17/h2-3H,1,4-6H2,(H,11,14). The Hall–Kier alpha value is -1.96. The molecule has 0 atom stereocenters. The highest BCUT2D eigenvalue weighted by Crippen LogP contribution is 2.25. The van der Waals surface area contributed by atoms with E-state index in [1.165, 1.54) is 17.0 Å². The third-order valence-corrected chi connectivity index (χ3v) is 3.56. The molecular formula is C10H11N3O4S. The molecule has 96 valence electrons. The average Bonchev–Trinajstić information content (AvgIpc) is 2.72. The topological polar surface area (TPSA) is 92.5 Å². The molecule has 2 rings (SSSR count). The van der Waals surface area contributed by atoms with Crippen LogP contribution in [-0.2, 0) is 4.79 Å². The van der Waals surface area contributed by atoms with E-state index in [4.69, 9.17) is 0 Å². The van der Waals surface area contributed by atoms with E-state index in [0.29, 0.717) is 19.5 Å². The molecule has 1 aromatic rings. The lowest BCUT2D eigenvalue weighted by Crippen LogP contribution is -2.37. The summed E-state index contributed by atoms with van der Waals surface area (Å²) in [5, 5.41) is 13.1. The predicted molar refractivity (Wildman–Crippen MR) is 64.5 cm³/mol. The van der Waals surface area contributed by atoms with Crippen molar-refractivity contribution in [2.75, 3.05) is 19.6 Å². The van der Waals surface area contributed by atoms with Crippen LogP contribution in [0.15, 0.2) is 12.1 Å². The largest absolute Gasteiger partial charge is 0.354 e. The van der Waals surface area contributed by atoms with Crippen molar-refractivity contribution in [2.24, 2.45) is 0 Å². The number of carbonyl (C=O) groups excluding carboxylic acids is 2. The molecule has 0 aromatic carbocycles.